The van der Waals surface area contributed by atoms with Gasteiger partial charge in [-0.15, -0.1) is 0 Å². The largest absolute Gasteiger partial charge is 0.371 e. The summed E-state index contributed by atoms with van der Waals surface area (Å²) in [6.45, 7) is 14.8. The number of rotatable bonds is 40. The lowest BCUT2D eigenvalue weighted by atomic mass is 10.0. The normalized spacial score (nSPS) is 11.3. The predicted octanol–water partition coefficient (Wildman–Crippen LogP) is 18.9. The molecular weight excluding hydrogens is 922 g/mol. The van der Waals surface area contributed by atoms with E-state index in [9.17, 15) is 8.42 Å². The highest BCUT2D eigenvalue weighted by Crippen LogP contribution is 2.23. The van der Waals surface area contributed by atoms with Crippen molar-refractivity contribution in [3.63, 3.8) is 0 Å². The van der Waals surface area contributed by atoms with Crippen molar-refractivity contribution in [2.24, 2.45) is 0 Å². The Morgan fingerprint density at radius 1 is 0.466 bits per heavy atom. The van der Waals surface area contributed by atoms with Crippen LogP contribution < -0.4 is 14.0 Å². The van der Waals surface area contributed by atoms with E-state index in [1.54, 1.807) is 18.2 Å². The van der Waals surface area contributed by atoms with E-state index in [1.807, 2.05) is 43.3 Å². The summed E-state index contributed by atoms with van der Waals surface area (Å²) in [5, 5.41) is 0. The van der Waals surface area contributed by atoms with Crippen LogP contribution in [0.3, 0.4) is 0 Å². The summed E-state index contributed by atoms with van der Waals surface area (Å²) in [5.41, 5.74) is 3.76. The van der Waals surface area contributed by atoms with Crippen LogP contribution in [-0.2, 0) is 23.2 Å². The van der Waals surface area contributed by atoms with E-state index in [2.05, 4.69) is 84.7 Å². The average molecular weight is 1030 g/mol. The highest BCUT2D eigenvalue weighted by Gasteiger charge is 2.11. The molecule has 0 fully saturated rings. The maximum Gasteiger partial charge on any atom is 0.294 e. The molecule has 0 aliphatic carbocycles. The third kappa shape index (κ3) is 35.1. The Morgan fingerprint density at radius 2 is 0.836 bits per heavy atom. The quantitative estimate of drug-likeness (QED) is 0.0274. The number of halogens is 1. The second kappa shape index (κ2) is 44.4. The fourth-order valence-electron chi connectivity index (χ4n) is 9.25. The minimum Gasteiger partial charge on any atom is -0.371 e. The van der Waals surface area contributed by atoms with Crippen LogP contribution >= 0.6 is 0 Å². The Balaban J connectivity index is 0.000000788. The fourth-order valence-corrected chi connectivity index (χ4v) is 9.73. The Hall–Kier alpha value is -3.88. The highest BCUT2D eigenvalue weighted by atomic mass is 32.2. The Morgan fingerprint density at radius 3 is 1.18 bits per heavy atom. The second-order valence-electron chi connectivity index (χ2n) is 20.6. The van der Waals surface area contributed by atoms with Crippen molar-refractivity contribution in [1.82, 2.24) is 0 Å². The van der Waals surface area contributed by atoms with E-state index in [1.165, 1.54) is 218 Å². The fraction of sp³-hybridized carbons (Fsp3) is 0.631. The van der Waals surface area contributed by atoms with Crippen LogP contribution in [0, 0.1) is 12.7 Å². The molecule has 0 saturated carbocycles. The van der Waals surface area contributed by atoms with E-state index in [-0.39, 0.29) is 10.7 Å². The number of nitrogens with zero attached hydrogens (tertiary/aromatic N) is 3. The molecule has 410 valence electrons. The van der Waals surface area contributed by atoms with Crippen LogP contribution in [-0.4, -0.2) is 26.1 Å². The smallest absolute Gasteiger partial charge is 0.294 e. The van der Waals surface area contributed by atoms with Gasteiger partial charge in [0.25, 0.3) is 10.1 Å². The maximum atomic E-state index is 15.4. The SMILES string of the molecule is CCCCCCCCCCCCCCCCCCN(CCCCCCCCCCCCCCCCCC)c1ccc(C=Cc2cc[n+](CC)cc2)c(F)c1.CC[n+]1ccccc1.Cc1ccc(S(=O)(=O)O)cc1. The molecule has 4 rings (SSSR count). The van der Waals surface area contributed by atoms with Crippen LogP contribution in [0.2, 0.25) is 0 Å². The number of unbranched alkanes of at least 4 members (excludes halogenated alkanes) is 30. The molecule has 2 heterocycles. The minimum atomic E-state index is -4.02. The van der Waals surface area contributed by atoms with E-state index in [0.29, 0.717) is 5.56 Å². The summed E-state index contributed by atoms with van der Waals surface area (Å²) in [6, 6.07) is 22.2. The zero-order chi connectivity index (χ0) is 52.9. The zero-order valence-corrected chi connectivity index (χ0v) is 48.1. The van der Waals surface area contributed by atoms with Gasteiger partial charge in [0.1, 0.15) is 18.9 Å². The zero-order valence-electron chi connectivity index (χ0n) is 47.2. The van der Waals surface area contributed by atoms with Gasteiger partial charge in [-0.1, -0.05) is 242 Å². The number of anilines is 1. The molecule has 0 atom stereocenters. The molecular formula is C65H106FN3O3S+2. The molecule has 6 nitrogen and oxygen atoms in total. The van der Waals surface area contributed by atoms with Crippen molar-refractivity contribution >= 4 is 28.0 Å². The number of aromatic nitrogens is 2. The van der Waals surface area contributed by atoms with Gasteiger partial charge in [0.05, 0.1) is 4.90 Å². The van der Waals surface area contributed by atoms with Gasteiger partial charge in [0.15, 0.2) is 24.8 Å². The standard InChI is InChI=1S/C51H88FN2.C7H10N.C7H8O3S/c1-4-7-9-11-13-15-17-19-21-23-25-27-29-31-33-35-43-54(44-36-34-32-30-28-26-24-22-20-18-16-14-12-10-8-5-2)50-40-39-49(51(52)47-50)38-37-48-41-45-53(6-3)46-42-48;1-2-8-6-4-3-5-7-8;1-6-2-4-7(5-3-6)11(8,9)10/h37-42,45-47H,4-36,43-44H2,1-3H3;3-7H,2H2,1H3;2-5H,1H3,(H,8,9,10)/q2*+1;. The molecule has 4 aromatic rings. The summed E-state index contributed by atoms with van der Waals surface area (Å²) in [5.74, 6) is -0.118. The van der Waals surface area contributed by atoms with Crippen LogP contribution in [0.5, 0.6) is 0 Å². The van der Waals surface area contributed by atoms with Gasteiger partial charge in [0, 0.05) is 48.6 Å². The maximum absolute atomic E-state index is 15.4. The number of pyridine rings is 2. The Bertz CT molecular complexity index is 1970. The van der Waals surface area contributed by atoms with Gasteiger partial charge < -0.3 is 4.90 Å². The molecule has 73 heavy (non-hydrogen) atoms. The van der Waals surface area contributed by atoms with Crippen molar-refractivity contribution in [2.45, 2.75) is 258 Å². The minimum absolute atomic E-state index is 0.0666. The summed E-state index contributed by atoms with van der Waals surface area (Å²) in [4.78, 5) is 2.41. The Kier molecular flexibility index (Phi) is 39.7. The third-order valence-electron chi connectivity index (χ3n) is 14.1. The molecule has 1 N–H and O–H groups in total. The third-order valence-corrected chi connectivity index (χ3v) is 15.0. The molecule has 2 aromatic heterocycles. The first-order valence-electron chi connectivity index (χ1n) is 29.8. The van der Waals surface area contributed by atoms with E-state index in [0.717, 1.165) is 43.0 Å². The molecule has 2 aromatic carbocycles. The highest BCUT2D eigenvalue weighted by molar-refractivity contribution is 7.85. The summed E-state index contributed by atoms with van der Waals surface area (Å²) in [7, 11) is -4.02. The monoisotopic (exact) mass is 1030 g/mol. The first-order chi connectivity index (χ1) is 35.6. The van der Waals surface area contributed by atoms with Crippen molar-refractivity contribution in [1.29, 1.82) is 0 Å². The summed E-state index contributed by atoms with van der Waals surface area (Å²) >= 11 is 0. The lowest BCUT2D eigenvalue weighted by Gasteiger charge is -2.25. The Labute approximate surface area is 448 Å². The number of hydrogen-bond acceptors (Lipinski definition) is 3. The molecule has 0 spiro atoms. The van der Waals surface area contributed by atoms with Crippen LogP contribution in [0.25, 0.3) is 12.2 Å². The molecule has 0 aliphatic rings. The molecule has 0 bridgehead atoms. The lowest BCUT2D eigenvalue weighted by molar-refractivity contribution is -0.693. The molecule has 0 aliphatic heterocycles. The van der Waals surface area contributed by atoms with Crippen LogP contribution in [0.4, 0.5) is 10.1 Å². The van der Waals surface area contributed by atoms with Crippen molar-refractivity contribution in [2.75, 3.05) is 18.0 Å². The topological polar surface area (TPSA) is 65.4 Å². The molecule has 0 radical (unpaired) electrons. The number of aryl methyl sites for hydroxylation is 3. The van der Waals surface area contributed by atoms with E-state index >= 15 is 4.39 Å². The first kappa shape index (κ1) is 65.2. The van der Waals surface area contributed by atoms with Gasteiger partial charge in [-0.05, 0) is 69.5 Å². The first-order valence-corrected chi connectivity index (χ1v) is 31.2. The van der Waals surface area contributed by atoms with Crippen molar-refractivity contribution < 1.29 is 26.5 Å². The molecule has 0 unspecified atom stereocenters. The van der Waals surface area contributed by atoms with Gasteiger partial charge >= 0.3 is 0 Å². The predicted molar refractivity (Wildman–Crippen MR) is 312 cm³/mol. The molecule has 0 saturated heterocycles. The lowest BCUT2D eigenvalue weighted by Crippen LogP contribution is -2.30. The second-order valence-corrected chi connectivity index (χ2v) is 22.0. The van der Waals surface area contributed by atoms with Crippen LogP contribution in [0.15, 0.2) is 102 Å². The molecule has 0 amide bonds. The van der Waals surface area contributed by atoms with Crippen LogP contribution in [0.1, 0.15) is 250 Å². The number of benzene rings is 2. The van der Waals surface area contributed by atoms with Gasteiger partial charge in [-0.3, -0.25) is 4.55 Å². The number of hydrogen-bond donors (Lipinski definition) is 1. The van der Waals surface area contributed by atoms with Crippen molar-refractivity contribution in [3.05, 3.63) is 120 Å². The average Bonchev–Trinajstić information content (AvgIpc) is 3.40. The van der Waals surface area contributed by atoms with Crippen molar-refractivity contribution in [3.8, 4) is 0 Å². The van der Waals surface area contributed by atoms with Gasteiger partial charge in [-0.2, -0.15) is 8.42 Å². The van der Waals surface area contributed by atoms with Gasteiger partial charge in [-0.25, -0.2) is 13.5 Å². The molecule has 8 heteroatoms. The summed E-state index contributed by atoms with van der Waals surface area (Å²) < 4.78 is 49.2. The van der Waals surface area contributed by atoms with E-state index < -0.39 is 10.1 Å². The van der Waals surface area contributed by atoms with E-state index in [4.69, 9.17) is 4.55 Å². The summed E-state index contributed by atoms with van der Waals surface area (Å²) in [6.07, 6.45) is 56.7. The van der Waals surface area contributed by atoms with Gasteiger partial charge in [0.2, 0.25) is 0 Å².